The molecule has 1 amide bonds. The van der Waals surface area contributed by atoms with Crippen molar-refractivity contribution in [1.29, 1.82) is 5.26 Å². The van der Waals surface area contributed by atoms with Gasteiger partial charge in [-0.1, -0.05) is 41.3 Å². The number of anilines is 1. The zero-order valence-corrected chi connectivity index (χ0v) is 16.4. The molecule has 2 heterocycles. The summed E-state index contributed by atoms with van der Waals surface area (Å²) in [6.45, 7) is 0. The summed E-state index contributed by atoms with van der Waals surface area (Å²) in [5, 5.41) is 14.2. The van der Waals surface area contributed by atoms with E-state index in [0.717, 1.165) is 26.9 Å². The van der Waals surface area contributed by atoms with E-state index in [4.69, 9.17) is 4.74 Å². The molecule has 0 aliphatic carbocycles. The van der Waals surface area contributed by atoms with Crippen molar-refractivity contribution in [2.45, 2.75) is 5.03 Å². The third kappa shape index (κ3) is 3.76. The molecule has 138 valence electrons. The Kier molecular flexibility index (Phi) is 5.10. The maximum atomic E-state index is 12.3. The molecule has 2 aromatic heterocycles. The summed E-state index contributed by atoms with van der Waals surface area (Å²) < 4.78 is 6.14. The predicted octanol–water partition coefficient (Wildman–Crippen LogP) is 4.46. The van der Waals surface area contributed by atoms with Crippen LogP contribution in [-0.4, -0.2) is 28.7 Å². The number of pyridine rings is 1. The number of para-hydroxylation sites is 1. The molecule has 6 nitrogen and oxygen atoms in total. The summed E-state index contributed by atoms with van der Waals surface area (Å²) >= 11 is 2.62. The van der Waals surface area contributed by atoms with Crippen molar-refractivity contribution in [2.75, 3.05) is 18.2 Å². The number of carbonyl (C=O) groups excluding carboxylic acids is 1. The molecule has 0 radical (unpaired) electrons. The number of methoxy groups -OCH3 is 1. The van der Waals surface area contributed by atoms with Crippen LogP contribution in [-0.2, 0) is 4.79 Å². The monoisotopic (exact) mass is 406 g/mol. The van der Waals surface area contributed by atoms with E-state index in [9.17, 15) is 10.1 Å². The number of ether oxygens (including phenoxy) is 1. The molecule has 2 aromatic carbocycles. The van der Waals surface area contributed by atoms with Crippen molar-refractivity contribution in [3.05, 3.63) is 54.1 Å². The molecular weight excluding hydrogens is 392 g/mol. The largest absolute Gasteiger partial charge is 0.497 e. The number of amides is 1. The van der Waals surface area contributed by atoms with Crippen LogP contribution in [0.4, 0.5) is 5.13 Å². The third-order valence-electron chi connectivity index (χ3n) is 3.99. The first kappa shape index (κ1) is 18.2. The molecule has 0 bridgehead atoms. The van der Waals surface area contributed by atoms with E-state index < -0.39 is 0 Å². The highest BCUT2D eigenvalue weighted by atomic mass is 32.2. The van der Waals surface area contributed by atoms with Gasteiger partial charge in [0.2, 0.25) is 5.91 Å². The van der Waals surface area contributed by atoms with Crippen molar-refractivity contribution in [3.63, 3.8) is 0 Å². The minimum atomic E-state index is -0.199. The molecular formula is C20H14N4O2S2. The lowest BCUT2D eigenvalue weighted by molar-refractivity contribution is -0.113. The molecule has 0 fully saturated rings. The number of fused-ring (bicyclic) bond motifs is 2. The number of hydrogen-bond acceptors (Lipinski definition) is 7. The van der Waals surface area contributed by atoms with Crippen LogP contribution in [0.25, 0.3) is 21.1 Å². The normalized spacial score (nSPS) is 10.7. The van der Waals surface area contributed by atoms with Gasteiger partial charge < -0.3 is 10.1 Å². The van der Waals surface area contributed by atoms with Gasteiger partial charge in [-0.2, -0.15) is 5.26 Å². The van der Waals surface area contributed by atoms with Gasteiger partial charge in [0.15, 0.2) is 5.13 Å². The first-order chi connectivity index (χ1) is 13.7. The first-order valence-electron chi connectivity index (χ1n) is 8.33. The Hall–Kier alpha value is -3.15. The van der Waals surface area contributed by atoms with Crippen LogP contribution in [0.5, 0.6) is 5.75 Å². The zero-order chi connectivity index (χ0) is 19.5. The average molecular weight is 406 g/mol. The lowest BCUT2D eigenvalue weighted by Gasteiger charge is -2.05. The van der Waals surface area contributed by atoms with Crippen molar-refractivity contribution in [3.8, 4) is 11.8 Å². The van der Waals surface area contributed by atoms with E-state index >= 15 is 0 Å². The maximum Gasteiger partial charge on any atom is 0.236 e. The van der Waals surface area contributed by atoms with E-state index in [-0.39, 0.29) is 11.7 Å². The predicted molar refractivity (Wildman–Crippen MR) is 112 cm³/mol. The molecule has 4 rings (SSSR count). The second-order valence-corrected chi connectivity index (χ2v) is 7.83. The number of hydrogen-bond donors (Lipinski definition) is 1. The van der Waals surface area contributed by atoms with Crippen LogP contribution in [0.3, 0.4) is 0 Å². The van der Waals surface area contributed by atoms with Gasteiger partial charge in [0, 0.05) is 5.39 Å². The van der Waals surface area contributed by atoms with Gasteiger partial charge >= 0.3 is 0 Å². The highest BCUT2D eigenvalue weighted by Crippen LogP contribution is 2.30. The second-order valence-electron chi connectivity index (χ2n) is 5.84. The third-order valence-corrected chi connectivity index (χ3v) is 5.92. The number of aromatic nitrogens is 2. The molecule has 4 aromatic rings. The summed E-state index contributed by atoms with van der Waals surface area (Å²) in [6, 6.07) is 17.1. The van der Waals surface area contributed by atoms with Gasteiger partial charge in [0.25, 0.3) is 0 Å². The number of nitrogens with zero attached hydrogens (tertiary/aromatic N) is 3. The van der Waals surface area contributed by atoms with Crippen LogP contribution in [0.2, 0.25) is 0 Å². The number of nitriles is 1. The minimum Gasteiger partial charge on any atom is -0.497 e. The van der Waals surface area contributed by atoms with E-state index in [1.54, 1.807) is 13.2 Å². The van der Waals surface area contributed by atoms with Crippen molar-refractivity contribution < 1.29 is 9.53 Å². The number of carbonyl (C=O) groups is 1. The molecule has 0 spiro atoms. The molecule has 0 aliphatic heterocycles. The van der Waals surface area contributed by atoms with Gasteiger partial charge in [-0.15, -0.1) is 0 Å². The highest BCUT2D eigenvalue weighted by molar-refractivity contribution is 8.00. The summed E-state index contributed by atoms with van der Waals surface area (Å²) in [5.74, 6) is 0.685. The quantitative estimate of drug-likeness (QED) is 0.493. The molecule has 28 heavy (non-hydrogen) atoms. The van der Waals surface area contributed by atoms with E-state index in [2.05, 4.69) is 21.4 Å². The van der Waals surface area contributed by atoms with Gasteiger partial charge in [0.1, 0.15) is 16.8 Å². The Labute approximate surface area is 169 Å². The highest BCUT2D eigenvalue weighted by Gasteiger charge is 2.12. The summed E-state index contributed by atoms with van der Waals surface area (Å²) in [7, 11) is 1.61. The number of nitrogens with one attached hydrogen (secondary N) is 1. The summed E-state index contributed by atoms with van der Waals surface area (Å²) in [5.41, 5.74) is 2.06. The molecule has 0 unspecified atom stereocenters. The fourth-order valence-electron chi connectivity index (χ4n) is 2.66. The van der Waals surface area contributed by atoms with Gasteiger partial charge in [-0.25, -0.2) is 9.97 Å². The lowest BCUT2D eigenvalue weighted by Crippen LogP contribution is -2.14. The van der Waals surface area contributed by atoms with Gasteiger partial charge in [0.05, 0.1) is 34.2 Å². The summed E-state index contributed by atoms with van der Waals surface area (Å²) in [6.07, 6.45) is 0. The Bertz CT molecular complexity index is 1230. The smallest absolute Gasteiger partial charge is 0.236 e. The number of rotatable bonds is 5. The van der Waals surface area contributed by atoms with Gasteiger partial charge in [-0.05, 0) is 30.3 Å². The lowest BCUT2D eigenvalue weighted by atomic mass is 10.2. The number of thioether (sulfide) groups is 1. The SMILES string of the molecule is COc1ccc2nc(NC(=O)CSc3nc4ccccc4cc3C#N)sc2c1. The van der Waals surface area contributed by atoms with E-state index in [1.807, 2.05) is 42.5 Å². The molecule has 1 N–H and O–H groups in total. The topological polar surface area (TPSA) is 87.9 Å². The standard InChI is InChI=1S/C20H14N4O2S2/c1-26-14-6-7-16-17(9-14)28-20(23-16)24-18(25)11-27-19-13(10-21)8-12-4-2-3-5-15(12)22-19/h2-9H,11H2,1H3,(H,23,24,25). The minimum absolute atomic E-state index is 0.138. The summed E-state index contributed by atoms with van der Waals surface area (Å²) in [4.78, 5) is 21.3. The molecule has 0 saturated carbocycles. The van der Waals surface area contributed by atoms with Crippen LogP contribution < -0.4 is 10.1 Å². The van der Waals surface area contributed by atoms with Crippen LogP contribution in [0, 0.1) is 11.3 Å². The average Bonchev–Trinajstić information content (AvgIpc) is 3.12. The molecule has 0 atom stereocenters. The first-order valence-corrected chi connectivity index (χ1v) is 10.1. The Morgan fingerprint density at radius 3 is 2.89 bits per heavy atom. The van der Waals surface area contributed by atoms with Crippen molar-refractivity contribution in [2.24, 2.45) is 0 Å². The Balaban J connectivity index is 1.47. The molecule has 0 saturated heterocycles. The van der Waals surface area contributed by atoms with Crippen LogP contribution in [0.1, 0.15) is 5.56 Å². The fraction of sp³-hybridized carbons (Fsp3) is 0.100. The van der Waals surface area contributed by atoms with Crippen molar-refractivity contribution >= 4 is 55.3 Å². The van der Waals surface area contributed by atoms with Crippen molar-refractivity contribution in [1.82, 2.24) is 9.97 Å². The fourth-order valence-corrected chi connectivity index (χ4v) is 4.34. The van der Waals surface area contributed by atoms with Gasteiger partial charge in [-0.3, -0.25) is 4.79 Å². The maximum absolute atomic E-state index is 12.3. The van der Waals surface area contributed by atoms with Crippen LogP contribution in [0.15, 0.2) is 53.6 Å². The second kappa shape index (κ2) is 7.84. The number of benzene rings is 2. The zero-order valence-electron chi connectivity index (χ0n) is 14.8. The number of thiazole rings is 1. The van der Waals surface area contributed by atoms with E-state index in [0.29, 0.717) is 15.7 Å². The molecule has 8 heteroatoms. The Morgan fingerprint density at radius 1 is 1.21 bits per heavy atom. The molecule has 0 aliphatic rings. The van der Waals surface area contributed by atoms with E-state index in [1.165, 1.54) is 23.1 Å². The van der Waals surface area contributed by atoms with Crippen LogP contribution >= 0.6 is 23.1 Å². The Morgan fingerprint density at radius 2 is 2.07 bits per heavy atom.